The summed E-state index contributed by atoms with van der Waals surface area (Å²) in [6, 6.07) is 87.8. The first kappa shape index (κ1) is 36.9. The Bertz CT molecular complexity index is 3800. The normalized spacial score (nSPS) is 11.7. The molecule has 0 fully saturated rings. The first-order valence-electron chi connectivity index (χ1n) is 22.2. The van der Waals surface area contributed by atoms with Gasteiger partial charge in [0.25, 0.3) is 0 Å². The summed E-state index contributed by atoms with van der Waals surface area (Å²) in [5, 5.41) is 9.52. The van der Waals surface area contributed by atoms with Crippen LogP contribution < -0.4 is 4.90 Å². The van der Waals surface area contributed by atoms with Gasteiger partial charge in [0.1, 0.15) is 11.2 Å². The van der Waals surface area contributed by atoms with Crippen molar-refractivity contribution in [1.82, 2.24) is 4.57 Å². The highest BCUT2D eigenvalue weighted by molar-refractivity contribution is 6.16. The molecule has 0 unspecified atom stereocenters. The van der Waals surface area contributed by atoms with Crippen LogP contribution in [0.2, 0.25) is 0 Å². The number of fused-ring (bicyclic) bond motifs is 8. The third-order valence-corrected chi connectivity index (χ3v) is 13.2. The van der Waals surface area contributed by atoms with E-state index in [0.717, 1.165) is 66.8 Å². The SMILES string of the molecule is c1ccc(-n2c3ccccc3c3cc(-c4cccc5c4oc4ccccc45)c(N(c4ccc(-c5cccc6ccccc56)cc4)c4ccc(-c5cccc6ccccc56)cc4)cc32)cc1. The van der Waals surface area contributed by atoms with Crippen molar-refractivity contribution >= 4 is 82.4 Å². The second-order valence-electron chi connectivity index (χ2n) is 16.8. The van der Waals surface area contributed by atoms with E-state index < -0.39 is 0 Å². The van der Waals surface area contributed by atoms with Crippen molar-refractivity contribution in [3.8, 4) is 39.1 Å². The summed E-state index contributed by atoms with van der Waals surface area (Å²) < 4.78 is 9.24. The molecule has 304 valence electrons. The minimum absolute atomic E-state index is 0.874. The average molecular weight is 829 g/mol. The van der Waals surface area contributed by atoms with E-state index in [1.165, 1.54) is 54.6 Å². The lowest BCUT2D eigenvalue weighted by atomic mass is 9.95. The van der Waals surface area contributed by atoms with E-state index in [1.54, 1.807) is 0 Å². The van der Waals surface area contributed by atoms with Gasteiger partial charge in [0.05, 0.1) is 16.7 Å². The predicted octanol–water partition coefficient (Wildman–Crippen LogP) is 17.5. The molecule has 11 aromatic carbocycles. The molecule has 0 spiro atoms. The van der Waals surface area contributed by atoms with Gasteiger partial charge < -0.3 is 13.9 Å². The largest absolute Gasteiger partial charge is 0.455 e. The lowest BCUT2D eigenvalue weighted by Crippen LogP contribution is -2.11. The zero-order valence-corrected chi connectivity index (χ0v) is 35.4. The maximum absolute atomic E-state index is 6.83. The average Bonchev–Trinajstić information content (AvgIpc) is 3.92. The molecular weight excluding hydrogens is 789 g/mol. The van der Waals surface area contributed by atoms with Crippen molar-refractivity contribution < 1.29 is 4.42 Å². The molecular formula is C62H40N2O. The van der Waals surface area contributed by atoms with E-state index in [0.29, 0.717) is 0 Å². The van der Waals surface area contributed by atoms with Gasteiger partial charge in [-0.05, 0) is 104 Å². The molecule has 0 N–H and O–H groups in total. The number of rotatable bonds is 7. The number of nitrogens with zero attached hydrogens (tertiary/aromatic N) is 2. The minimum Gasteiger partial charge on any atom is -0.455 e. The molecule has 13 aromatic rings. The van der Waals surface area contributed by atoms with Crippen LogP contribution in [0.3, 0.4) is 0 Å². The quantitative estimate of drug-likeness (QED) is 0.160. The van der Waals surface area contributed by atoms with Crippen molar-refractivity contribution in [1.29, 1.82) is 0 Å². The molecule has 2 aromatic heterocycles. The third-order valence-electron chi connectivity index (χ3n) is 13.2. The van der Waals surface area contributed by atoms with Gasteiger partial charge in [0.2, 0.25) is 0 Å². The number of benzene rings is 11. The molecule has 13 rings (SSSR count). The number of furan rings is 1. The summed E-state index contributed by atoms with van der Waals surface area (Å²) in [6.45, 7) is 0. The molecule has 0 saturated heterocycles. The summed E-state index contributed by atoms with van der Waals surface area (Å²) in [5.74, 6) is 0. The van der Waals surface area contributed by atoms with Crippen LogP contribution in [0.15, 0.2) is 247 Å². The van der Waals surface area contributed by atoms with E-state index in [4.69, 9.17) is 4.42 Å². The van der Waals surface area contributed by atoms with Crippen LogP contribution in [0.5, 0.6) is 0 Å². The van der Waals surface area contributed by atoms with Crippen LogP contribution in [-0.4, -0.2) is 4.57 Å². The van der Waals surface area contributed by atoms with Crippen molar-refractivity contribution in [2.24, 2.45) is 0 Å². The smallest absolute Gasteiger partial charge is 0.143 e. The monoisotopic (exact) mass is 828 g/mol. The molecule has 3 heteroatoms. The lowest BCUT2D eigenvalue weighted by Gasteiger charge is -2.29. The highest BCUT2D eigenvalue weighted by atomic mass is 16.3. The van der Waals surface area contributed by atoms with Gasteiger partial charge in [-0.15, -0.1) is 0 Å². The summed E-state index contributed by atoms with van der Waals surface area (Å²) in [4.78, 5) is 2.43. The zero-order chi connectivity index (χ0) is 42.8. The molecule has 0 aliphatic rings. The Morgan fingerprint density at radius 1 is 0.323 bits per heavy atom. The molecule has 0 radical (unpaired) electrons. The van der Waals surface area contributed by atoms with Crippen molar-refractivity contribution in [3.63, 3.8) is 0 Å². The topological polar surface area (TPSA) is 21.3 Å². The minimum atomic E-state index is 0.874. The molecule has 0 atom stereocenters. The van der Waals surface area contributed by atoms with Crippen molar-refractivity contribution in [3.05, 3.63) is 243 Å². The first-order chi connectivity index (χ1) is 32.2. The van der Waals surface area contributed by atoms with Crippen LogP contribution in [0.25, 0.3) is 104 Å². The fourth-order valence-corrected chi connectivity index (χ4v) is 10.2. The summed E-state index contributed by atoms with van der Waals surface area (Å²) in [6.07, 6.45) is 0. The molecule has 0 saturated carbocycles. The second-order valence-corrected chi connectivity index (χ2v) is 16.8. The number of para-hydroxylation sites is 4. The first-order valence-corrected chi connectivity index (χ1v) is 22.2. The summed E-state index contributed by atoms with van der Waals surface area (Å²) >= 11 is 0. The number of hydrogen-bond acceptors (Lipinski definition) is 2. The molecule has 2 heterocycles. The Kier molecular flexibility index (Phi) is 8.53. The van der Waals surface area contributed by atoms with Gasteiger partial charge in [-0.25, -0.2) is 0 Å². The van der Waals surface area contributed by atoms with Crippen molar-refractivity contribution in [2.45, 2.75) is 0 Å². The highest BCUT2D eigenvalue weighted by Gasteiger charge is 2.24. The molecule has 0 aliphatic carbocycles. The van der Waals surface area contributed by atoms with E-state index in [-0.39, 0.29) is 0 Å². The maximum atomic E-state index is 6.83. The molecule has 0 aliphatic heterocycles. The van der Waals surface area contributed by atoms with Gasteiger partial charge in [0.15, 0.2) is 0 Å². The third kappa shape index (κ3) is 6.05. The molecule has 65 heavy (non-hydrogen) atoms. The zero-order valence-electron chi connectivity index (χ0n) is 35.4. The van der Waals surface area contributed by atoms with Crippen molar-refractivity contribution in [2.75, 3.05) is 4.90 Å². The Labute approximate surface area is 376 Å². The number of hydrogen-bond donors (Lipinski definition) is 0. The second kappa shape index (κ2) is 15.0. The molecule has 0 bridgehead atoms. The van der Waals surface area contributed by atoms with Gasteiger partial charge >= 0.3 is 0 Å². The fourth-order valence-electron chi connectivity index (χ4n) is 10.2. The van der Waals surface area contributed by atoms with Gasteiger partial charge in [-0.3, -0.25) is 0 Å². The van der Waals surface area contributed by atoms with E-state index in [1.807, 2.05) is 6.07 Å². The summed E-state index contributed by atoms with van der Waals surface area (Å²) in [5.41, 5.74) is 15.2. The summed E-state index contributed by atoms with van der Waals surface area (Å²) in [7, 11) is 0. The van der Waals surface area contributed by atoms with Crippen LogP contribution in [0, 0.1) is 0 Å². The van der Waals surface area contributed by atoms with E-state index in [2.05, 4.69) is 246 Å². The van der Waals surface area contributed by atoms with Gasteiger partial charge in [-0.2, -0.15) is 0 Å². The standard InChI is InChI=1S/C62H40N2O/c1-2-19-45(20-3-1)64-58-29-10-8-23-52(58)56-39-57(55-28-14-27-54-53-24-9-11-30-61(53)65-62(54)55)59(40-60(56)64)63(46-35-31-43(32-36-46)50-25-12-17-41-15-4-6-21-48(41)50)47-37-33-44(34-38-47)51-26-13-18-42-16-5-7-22-49(42)51/h1-40H. The Morgan fingerprint density at radius 2 is 0.831 bits per heavy atom. The van der Waals surface area contributed by atoms with Gasteiger partial charge in [0, 0.05) is 49.7 Å². The molecule has 3 nitrogen and oxygen atoms in total. The van der Waals surface area contributed by atoms with Gasteiger partial charge in [-0.1, -0.05) is 182 Å². The lowest BCUT2D eigenvalue weighted by molar-refractivity contribution is 0.670. The van der Waals surface area contributed by atoms with Crippen LogP contribution >= 0.6 is 0 Å². The Balaban J connectivity index is 1.10. The molecule has 0 amide bonds. The predicted molar refractivity (Wildman–Crippen MR) is 274 cm³/mol. The van der Waals surface area contributed by atoms with Crippen LogP contribution in [0.4, 0.5) is 17.1 Å². The number of anilines is 3. The van der Waals surface area contributed by atoms with E-state index >= 15 is 0 Å². The van der Waals surface area contributed by atoms with E-state index in [9.17, 15) is 0 Å². The van der Waals surface area contributed by atoms with Crippen LogP contribution in [0.1, 0.15) is 0 Å². The highest BCUT2D eigenvalue weighted by Crippen LogP contribution is 2.48. The Hall–Kier alpha value is -8.66. The maximum Gasteiger partial charge on any atom is 0.143 e. The fraction of sp³-hybridized carbons (Fsp3) is 0. The number of aromatic nitrogens is 1. The van der Waals surface area contributed by atoms with Crippen LogP contribution in [-0.2, 0) is 0 Å². The Morgan fingerprint density at radius 3 is 1.49 bits per heavy atom.